The van der Waals surface area contributed by atoms with Crippen LogP contribution < -0.4 is 16.0 Å². The fourth-order valence-electron chi connectivity index (χ4n) is 3.64. The molecule has 4 N–H and O–H groups in total. The van der Waals surface area contributed by atoms with Gasteiger partial charge in [-0.05, 0) is 52.0 Å². The average Bonchev–Trinajstić information content (AvgIpc) is 2.34. The highest BCUT2D eigenvalue weighted by atomic mass is 32.1. The number of quaternary nitrogens is 1. The van der Waals surface area contributed by atoms with Gasteiger partial charge in [0.15, 0.2) is 5.11 Å². The molecular weight excluding hydrogens is 312 g/mol. The van der Waals surface area contributed by atoms with Crippen LogP contribution in [0.3, 0.4) is 0 Å². The molecule has 6 nitrogen and oxygen atoms in total. The number of hydrogen-bond donors (Lipinski definition) is 3. The lowest BCUT2D eigenvalue weighted by molar-refractivity contribution is -0.787. The Hall–Kier alpha value is -1.73. The van der Waals surface area contributed by atoms with Crippen molar-refractivity contribution in [3.63, 3.8) is 0 Å². The van der Waals surface area contributed by atoms with Crippen molar-refractivity contribution in [1.82, 2.24) is 5.32 Å². The molecule has 1 aromatic carbocycles. The number of nitro benzene ring substituents is 1. The van der Waals surface area contributed by atoms with Gasteiger partial charge in [0.25, 0.3) is 5.69 Å². The van der Waals surface area contributed by atoms with Crippen molar-refractivity contribution in [3.05, 3.63) is 34.4 Å². The third-order valence-electron chi connectivity index (χ3n) is 4.00. The summed E-state index contributed by atoms with van der Waals surface area (Å²) in [6, 6.07) is 6.56. The number of anilines is 1. The topological polar surface area (TPSA) is 83.8 Å². The lowest BCUT2D eigenvalue weighted by Crippen LogP contribution is -3.06. The van der Waals surface area contributed by atoms with E-state index in [9.17, 15) is 10.1 Å². The molecule has 1 aromatic rings. The van der Waals surface area contributed by atoms with Gasteiger partial charge < -0.3 is 16.0 Å². The normalized spacial score (nSPS) is 19.8. The van der Waals surface area contributed by atoms with Gasteiger partial charge in [-0.2, -0.15) is 0 Å². The fourth-order valence-corrected chi connectivity index (χ4v) is 3.92. The Kier molecular flexibility index (Phi) is 4.91. The Labute approximate surface area is 142 Å². The van der Waals surface area contributed by atoms with Crippen LogP contribution in [0.25, 0.3) is 0 Å². The maximum absolute atomic E-state index is 10.7. The van der Waals surface area contributed by atoms with Crippen molar-refractivity contribution in [2.24, 2.45) is 0 Å². The molecule has 0 bridgehead atoms. The molecule has 23 heavy (non-hydrogen) atoms. The highest BCUT2D eigenvalue weighted by molar-refractivity contribution is 7.80. The Morgan fingerprint density at radius 3 is 2.22 bits per heavy atom. The van der Waals surface area contributed by atoms with E-state index in [1.165, 1.54) is 12.1 Å². The van der Waals surface area contributed by atoms with Crippen molar-refractivity contribution in [3.8, 4) is 0 Å². The van der Waals surface area contributed by atoms with Gasteiger partial charge in [-0.3, -0.25) is 10.1 Å². The van der Waals surface area contributed by atoms with Crippen molar-refractivity contribution in [2.75, 3.05) is 5.32 Å². The minimum Gasteiger partial charge on any atom is -0.359 e. The van der Waals surface area contributed by atoms with Gasteiger partial charge in [0.2, 0.25) is 0 Å². The van der Waals surface area contributed by atoms with E-state index in [0.717, 1.165) is 18.5 Å². The molecule has 1 aliphatic rings. The molecule has 2 rings (SSSR count). The van der Waals surface area contributed by atoms with Gasteiger partial charge in [-0.15, -0.1) is 0 Å². The Morgan fingerprint density at radius 2 is 1.74 bits per heavy atom. The Morgan fingerprint density at radius 1 is 1.22 bits per heavy atom. The van der Waals surface area contributed by atoms with Crippen LogP contribution in [0, 0.1) is 10.1 Å². The molecule has 0 radical (unpaired) electrons. The average molecular weight is 337 g/mol. The summed E-state index contributed by atoms with van der Waals surface area (Å²) >= 11 is 5.38. The van der Waals surface area contributed by atoms with Crippen LogP contribution in [0.4, 0.5) is 11.4 Å². The summed E-state index contributed by atoms with van der Waals surface area (Å²) in [5.41, 5.74) is 1.15. The van der Waals surface area contributed by atoms with E-state index in [-0.39, 0.29) is 16.8 Å². The minimum absolute atomic E-state index is 0.0701. The summed E-state index contributed by atoms with van der Waals surface area (Å²) in [6.07, 6.45) is 2.05. The zero-order chi connectivity index (χ0) is 17.3. The second-order valence-electron chi connectivity index (χ2n) is 7.63. The first-order valence-corrected chi connectivity index (χ1v) is 8.16. The van der Waals surface area contributed by atoms with Crippen molar-refractivity contribution < 1.29 is 10.2 Å². The standard InChI is InChI=1S/C16H24N4O2S/c1-15(2)9-12(10-16(3,4)19-15)18-14(23)17-11-5-7-13(8-6-11)20(21)22/h5-8,12,19H,9-10H2,1-4H3,(H2,17,18,23)/p+1. The fraction of sp³-hybridized carbons (Fsp3) is 0.562. The van der Waals surface area contributed by atoms with Gasteiger partial charge in [-0.1, -0.05) is 0 Å². The molecule has 0 aromatic heterocycles. The monoisotopic (exact) mass is 337 g/mol. The predicted molar refractivity (Wildman–Crippen MR) is 95.6 cm³/mol. The van der Waals surface area contributed by atoms with Crippen LogP contribution >= 0.6 is 12.2 Å². The molecule has 7 heteroatoms. The van der Waals surface area contributed by atoms with E-state index >= 15 is 0 Å². The second-order valence-corrected chi connectivity index (χ2v) is 8.04. The van der Waals surface area contributed by atoms with Crippen LogP contribution in [-0.4, -0.2) is 27.2 Å². The minimum atomic E-state index is -0.414. The van der Waals surface area contributed by atoms with Crippen LogP contribution in [0.2, 0.25) is 0 Å². The first-order chi connectivity index (χ1) is 10.6. The van der Waals surface area contributed by atoms with E-state index in [0.29, 0.717) is 11.2 Å². The summed E-state index contributed by atoms with van der Waals surface area (Å²) in [7, 11) is 0. The Bertz CT molecular complexity index is 583. The molecule has 1 heterocycles. The van der Waals surface area contributed by atoms with Gasteiger partial charge in [-0.25, -0.2) is 0 Å². The molecule has 0 saturated carbocycles. The van der Waals surface area contributed by atoms with Gasteiger partial charge in [0.05, 0.1) is 16.0 Å². The number of non-ortho nitro benzene ring substituents is 1. The van der Waals surface area contributed by atoms with Crippen molar-refractivity contribution >= 4 is 28.7 Å². The highest BCUT2D eigenvalue weighted by Crippen LogP contribution is 2.22. The maximum atomic E-state index is 10.7. The smallest absolute Gasteiger partial charge is 0.269 e. The molecule has 1 saturated heterocycles. The summed E-state index contributed by atoms with van der Waals surface area (Å²) in [5.74, 6) is 0. The number of thiocarbonyl (C=S) groups is 1. The zero-order valence-corrected chi connectivity index (χ0v) is 14.9. The number of nitro groups is 1. The van der Waals surface area contributed by atoms with Crippen LogP contribution in [0.5, 0.6) is 0 Å². The van der Waals surface area contributed by atoms with Crippen LogP contribution in [0.1, 0.15) is 40.5 Å². The van der Waals surface area contributed by atoms with E-state index in [4.69, 9.17) is 12.2 Å². The molecule has 0 aliphatic carbocycles. The number of hydrogen-bond acceptors (Lipinski definition) is 3. The molecule has 0 spiro atoms. The number of nitrogens with zero attached hydrogens (tertiary/aromatic N) is 1. The first-order valence-electron chi connectivity index (χ1n) is 7.75. The molecule has 0 atom stereocenters. The first kappa shape index (κ1) is 17.6. The number of benzene rings is 1. The van der Waals surface area contributed by atoms with Crippen molar-refractivity contribution in [1.29, 1.82) is 0 Å². The van der Waals surface area contributed by atoms with E-state index in [1.54, 1.807) is 12.1 Å². The number of rotatable bonds is 3. The zero-order valence-electron chi connectivity index (χ0n) is 14.1. The largest absolute Gasteiger partial charge is 0.359 e. The molecule has 0 amide bonds. The van der Waals surface area contributed by atoms with E-state index in [1.807, 2.05) is 0 Å². The second kappa shape index (κ2) is 6.41. The van der Waals surface area contributed by atoms with Crippen LogP contribution in [-0.2, 0) is 0 Å². The van der Waals surface area contributed by atoms with E-state index < -0.39 is 4.92 Å². The maximum Gasteiger partial charge on any atom is 0.269 e. The summed E-state index contributed by atoms with van der Waals surface area (Å²) in [4.78, 5) is 10.2. The van der Waals surface area contributed by atoms with Gasteiger partial charge in [0.1, 0.15) is 0 Å². The molecule has 126 valence electrons. The van der Waals surface area contributed by atoms with Gasteiger partial charge in [0, 0.05) is 36.7 Å². The van der Waals surface area contributed by atoms with Crippen molar-refractivity contribution in [2.45, 2.75) is 57.7 Å². The van der Waals surface area contributed by atoms with E-state index in [2.05, 4.69) is 43.6 Å². The third-order valence-corrected chi connectivity index (χ3v) is 4.22. The molecule has 0 unspecified atom stereocenters. The lowest BCUT2D eigenvalue weighted by Gasteiger charge is -2.43. The molecular formula is C16H25N4O2S+. The summed E-state index contributed by atoms with van der Waals surface area (Å²) < 4.78 is 0. The molecule has 1 fully saturated rings. The number of nitrogens with one attached hydrogen (secondary N) is 2. The summed E-state index contributed by atoms with van der Waals surface area (Å²) in [5, 5.41) is 20.1. The Balaban J connectivity index is 1.95. The number of piperidine rings is 1. The SMILES string of the molecule is CC1(C)CC(NC(=S)Nc2ccc([N+](=O)[O-])cc2)CC(C)(C)[NH2+]1. The lowest BCUT2D eigenvalue weighted by atomic mass is 9.80. The van der Waals surface area contributed by atoms with Gasteiger partial charge >= 0.3 is 0 Å². The quantitative estimate of drug-likeness (QED) is 0.447. The number of nitrogens with two attached hydrogens (primary N) is 1. The molecule has 1 aliphatic heterocycles. The van der Waals surface area contributed by atoms with Crippen LogP contribution in [0.15, 0.2) is 24.3 Å². The summed E-state index contributed by atoms with van der Waals surface area (Å²) in [6.45, 7) is 8.98. The highest BCUT2D eigenvalue weighted by Gasteiger charge is 2.41. The predicted octanol–water partition coefficient (Wildman–Crippen LogP) is 2.16. The third kappa shape index (κ3) is 5.14.